The van der Waals surface area contributed by atoms with Crippen molar-refractivity contribution < 1.29 is 19.0 Å². The fourth-order valence-electron chi connectivity index (χ4n) is 3.29. The Morgan fingerprint density at radius 3 is 2.62 bits per heavy atom. The highest BCUT2D eigenvalue weighted by atomic mass is 19.1. The largest absolute Gasteiger partial charge is 0.478 e. The predicted molar refractivity (Wildman–Crippen MR) is 118 cm³/mol. The van der Waals surface area contributed by atoms with Gasteiger partial charge in [-0.05, 0) is 37.5 Å². The summed E-state index contributed by atoms with van der Waals surface area (Å²) in [7, 11) is 0. The molecule has 4 aromatic rings. The van der Waals surface area contributed by atoms with Crippen molar-refractivity contribution in [3.8, 4) is 17.4 Å². The van der Waals surface area contributed by atoms with Crippen LogP contribution in [-0.2, 0) is 0 Å². The number of hydrogen-bond donors (Lipinski definition) is 2. The average Bonchev–Trinajstić information content (AvgIpc) is 3.25. The van der Waals surface area contributed by atoms with Crippen LogP contribution in [-0.4, -0.2) is 37.4 Å². The fourth-order valence-corrected chi connectivity index (χ4v) is 3.29. The molecule has 8 nitrogen and oxygen atoms in total. The van der Waals surface area contributed by atoms with E-state index in [4.69, 9.17) is 9.84 Å². The van der Waals surface area contributed by atoms with Crippen molar-refractivity contribution >= 4 is 22.7 Å². The van der Waals surface area contributed by atoms with Crippen LogP contribution in [0.4, 0.5) is 10.2 Å². The Bertz CT molecular complexity index is 1300. The van der Waals surface area contributed by atoms with Crippen molar-refractivity contribution in [1.29, 1.82) is 0 Å². The Morgan fingerprint density at radius 2 is 1.97 bits per heavy atom. The first-order chi connectivity index (χ1) is 15.4. The number of ether oxygens (including phenoxy) is 1. The number of carboxylic acid groups (broad SMARTS) is 1. The molecule has 0 saturated heterocycles. The Morgan fingerprint density at radius 1 is 1.22 bits per heavy atom. The lowest BCUT2D eigenvalue weighted by Crippen LogP contribution is -2.09. The van der Waals surface area contributed by atoms with Gasteiger partial charge in [0.05, 0.1) is 17.3 Å². The summed E-state index contributed by atoms with van der Waals surface area (Å²) in [6, 6.07) is 8.58. The Labute approximate surface area is 183 Å². The van der Waals surface area contributed by atoms with Crippen LogP contribution >= 0.6 is 0 Å². The normalized spacial score (nSPS) is 11.0. The summed E-state index contributed by atoms with van der Waals surface area (Å²) in [6.45, 7) is 6.45. The van der Waals surface area contributed by atoms with Gasteiger partial charge in [-0.2, -0.15) is 10.1 Å². The third-order valence-corrected chi connectivity index (χ3v) is 4.94. The third kappa shape index (κ3) is 4.09. The van der Waals surface area contributed by atoms with E-state index < -0.39 is 11.8 Å². The highest BCUT2D eigenvalue weighted by Crippen LogP contribution is 2.34. The molecule has 0 atom stereocenters. The first-order valence-electron chi connectivity index (χ1n) is 10.1. The zero-order chi connectivity index (χ0) is 22.8. The summed E-state index contributed by atoms with van der Waals surface area (Å²) >= 11 is 0. The summed E-state index contributed by atoms with van der Waals surface area (Å²) < 4.78 is 22.2. The maximum atomic E-state index is 15.0. The minimum atomic E-state index is -1.11. The lowest BCUT2D eigenvalue weighted by atomic mass is 10.1. The molecular formula is C23H22FN5O3. The van der Waals surface area contributed by atoms with Crippen molar-refractivity contribution in [3.05, 3.63) is 65.2 Å². The smallest absolute Gasteiger partial charge is 0.338 e. The van der Waals surface area contributed by atoms with E-state index >= 15 is 0 Å². The van der Waals surface area contributed by atoms with Gasteiger partial charge < -0.3 is 15.2 Å². The van der Waals surface area contributed by atoms with E-state index in [1.165, 1.54) is 23.1 Å². The van der Waals surface area contributed by atoms with Crippen molar-refractivity contribution in [2.75, 3.05) is 11.9 Å². The van der Waals surface area contributed by atoms with Gasteiger partial charge in [0.25, 0.3) is 5.95 Å². The van der Waals surface area contributed by atoms with Gasteiger partial charge >= 0.3 is 5.97 Å². The first-order valence-corrected chi connectivity index (χ1v) is 10.1. The Hall–Kier alpha value is -4.01. The van der Waals surface area contributed by atoms with Crippen molar-refractivity contribution in [2.24, 2.45) is 0 Å². The van der Waals surface area contributed by atoms with Gasteiger partial charge in [-0.15, -0.1) is 0 Å². The zero-order valence-corrected chi connectivity index (χ0v) is 17.9. The van der Waals surface area contributed by atoms with E-state index in [0.29, 0.717) is 29.0 Å². The molecule has 0 radical (unpaired) electrons. The molecule has 0 saturated carbocycles. The van der Waals surface area contributed by atoms with Crippen LogP contribution in [0, 0.1) is 19.7 Å². The number of rotatable bonds is 7. The molecule has 0 spiro atoms. The van der Waals surface area contributed by atoms with Crippen LogP contribution < -0.4 is 10.1 Å². The van der Waals surface area contributed by atoms with Gasteiger partial charge in [-0.1, -0.05) is 25.1 Å². The second-order valence-corrected chi connectivity index (χ2v) is 7.40. The second-order valence-electron chi connectivity index (χ2n) is 7.40. The maximum Gasteiger partial charge on any atom is 0.338 e. The van der Waals surface area contributed by atoms with E-state index in [2.05, 4.69) is 20.4 Å². The molecule has 0 fully saturated rings. The third-order valence-electron chi connectivity index (χ3n) is 4.94. The average molecular weight is 435 g/mol. The molecule has 2 aromatic heterocycles. The molecule has 0 aliphatic heterocycles. The van der Waals surface area contributed by atoms with Gasteiger partial charge in [0, 0.05) is 24.2 Å². The molecule has 2 heterocycles. The number of anilines is 1. The summed E-state index contributed by atoms with van der Waals surface area (Å²) in [5.74, 6) is -0.405. The number of aromatic nitrogens is 4. The number of aryl methyl sites for hydroxylation is 2. The molecule has 0 bridgehead atoms. The quantitative estimate of drug-likeness (QED) is 0.426. The van der Waals surface area contributed by atoms with Gasteiger partial charge in [0.15, 0.2) is 11.6 Å². The van der Waals surface area contributed by atoms with Crippen LogP contribution in [0.25, 0.3) is 16.9 Å². The number of aromatic carboxylic acids is 1. The van der Waals surface area contributed by atoms with Crippen molar-refractivity contribution in [2.45, 2.75) is 27.2 Å². The Kier molecular flexibility index (Phi) is 5.72. The van der Waals surface area contributed by atoms with Crippen LogP contribution in [0.15, 0.2) is 42.7 Å². The molecule has 4 rings (SSSR count). The number of benzene rings is 2. The molecule has 0 aliphatic carbocycles. The molecular weight excluding hydrogens is 413 g/mol. The van der Waals surface area contributed by atoms with E-state index in [9.17, 15) is 9.18 Å². The van der Waals surface area contributed by atoms with Crippen molar-refractivity contribution in [3.63, 3.8) is 0 Å². The van der Waals surface area contributed by atoms with Gasteiger partial charge in [0.2, 0.25) is 0 Å². The van der Waals surface area contributed by atoms with E-state index in [0.717, 1.165) is 17.5 Å². The second kappa shape index (κ2) is 8.62. The number of carboxylic acids is 1. The van der Waals surface area contributed by atoms with Gasteiger partial charge in [-0.3, -0.25) is 0 Å². The minimum Gasteiger partial charge on any atom is -0.478 e. The summed E-state index contributed by atoms with van der Waals surface area (Å²) in [6.07, 6.45) is 3.36. The molecule has 164 valence electrons. The molecule has 9 heteroatoms. The number of fused-ring (bicyclic) bond motifs is 1. The molecule has 32 heavy (non-hydrogen) atoms. The van der Waals surface area contributed by atoms with Crippen molar-refractivity contribution in [1.82, 2.24) is 19.7 Å². The number of nitrogens with one attached hydrogen (secondary N) is 1. The summed E-state index contributed by atoms with van der Waals surface area (Å²) in [5.41, 5.74) is 2.13. The van der Waals surface area contributed by atoms with Crippen LogP contribution in [0.3, 0.4) is 0 Å². The molecule has 2 aromatic carbocycles. The van der Waals surface area contributed by atoms with Gasteiger partial charge in [0.1, 0.15) is 11.6 Å². The molecule has 0 unspecified atom stereocenters. The maximum absolute atomic E-state index is 15.0. The lowest BCUT2D eigenvalue weighted by Gasteiger charge is -2.15. The Balaban J connectivity index is 1.83. The SMILES string of the molecule is CCCNc1nc(-n2cc(C(=O)O)cn2)nc2cc(F)c(Oc3c(C)cccc3C)cc12. The number of nitrogens with zero attached hydrogens (tertiary/aromatic N) is 4. The number of hydrogen-bond acceptors (Lipinski definition) is 6. The van der Waals surface area contributed by atoms with E-state index in [1.807, 2.05) is 39.0 Å². The monoisotopic (exact) mass is 435 g/mol. The standard InChI is InChI=1S/C23H22FN5O3/c1-4-8-25-21-16-9-19(32-20-13(2)6-5-7-14(20)3)17(24)10-18(16)27-23(28-21)29-12-15(11-26-29)22(30)31/h5-7,9-12H,4,8H2,1-3H3,(H,30,31)(H,25,27,28). The highest BCUT2D eigenvalue weighted by molar-refractivity contribution is 5.91. The number of halogens is 1. The predicted octanol–water partition coefficient (Wildman–Crippen LogP) is 4.88. The molecule has 2 N–H and O–H groups in total. The summed E-state index contributed by atoms with van der Waals surface area (Å²) in [4.78, 5) is 20.1. The summed E-state index contributed by atoms with van der Waals surface area (Å²) in [5, 5.41) is 17.0. The zero-order valence-electron chi connectivity index (χ0n) is 17.9. The van der Waals surface area contributed by atoms with Gasteiger partial charge in [-0.25, -0.2) is 18.9 Å². The number of para-hydroxylation sites is 1. The van der Waals surface area contributed by atoms with Crippen LogP contribution in [0.2, 0.25) is 0 Å². The van der Waals surface area contributed by atoms with Crippen LogP contribution in [0.5, 0.6) is 11.5 Å². The fraction of sp³-hybridized carbons (Fsp3) is 0.217. The minimum absolute atomic E-state index is 0.000272. The lowest BCUT2D eigenvalue weighted by molar-refractivity contribution is 0.0697. The molecule has 0 aliphatic rings. The topological polar surface area (TPSA) is 102 Å². The highest BCUT2D eigenvalue weighted by Gasteiger charge is 2.17. The molecule has 0 amide bonds. The van der Waals surface area contributed by atoms with Crippen LogP contribution in [0.1, 0.15) is 34.8 Å². The van der Waals surface area contributed by atoms with E-state index in [-0.39, 0.29) is 17.3 Å². The first kappa shape index (κ1) is 21.2. The van der Waals surface area contributed by atoms with E-state index in [1.54, 1.807) is 6.07 Å². The number of carbonyl (C=O) groups is 1.